The third-order valence-electron chi connectivity index (χ3n) is 6.24. The normalized spacial score (nSPS) is 20.2. The zero-order valence-electron chi connectivity index (χ0n) is 19.2. The lowest BCUT2D eigenvalue weighted by Gasteiger charge is -2.36. The standard InChI is InChI=1S/C27H27Cl2NO3S/c1-3-34-12-11-33-27(32)24-16(2)30-22-14-19(17-7-9-20(28)10-8-17)15-23(31)26(22)25(24)18-5-4-6-21(29)13-18/h4-10,13,19,25,30H,3,11-12,14-15H2,1-2H3. The van der Waals surface area contributed by atoms with Crippen molar-refractivity contribution in [1.29, 1.82) is 0 Å². The van der Waals surface area contributed by atoms with Crippen LogP contribution in [0.5, 0.6) is 0 Å². The van der Waals surface area contributed by atoms with Crippen LogP contribution in [0.4, 0.5) is 0 Å². The summed E-state index contributed by atoms with van der Waals surface area (Å²) < 4.78 is 5.62. The molecule has 1 aliphatic carbocycles. The number of hydrogen-bond donors (Lipinski definition) is 1. The first-order valence-electron chi connectivity index (χ1n) is 11.4. The van der Waals surface area contributed by atoms with Crippen molar-refractivity contribution in [3.05, 3.63) is 92.2 Å². The topological polar surface area (TPSA) is 55.4 Å². The second-order valence-corrected chi connectivity index (χ2v) is 10.7. The van der Waals surface area contributed by atoms with Gasteiger partial charge in [0, 0.05) is 45.1 Å². The number of thioether (sulfide) groups is 1. The Balaban J connectivity index is 1.71. The largest absolute Gasteiger partial charge is 0.461 e. The van der Waals surface area contributed by atoms with Crippen LogP contribution in [0.1, 0.15) is 49.7 Å². The molecule has 2 aliphatic rings. The van der Waals surface area contributed by atoms with Crippen LogP contribution in [0, 0.1) is 0 Å². The van der Waals surface area contributed by atoms with Gasteiger partial charge >= 0.3 is 5.97 Å². The van der Waals surface area contributed by atoms with Crippen LogP contribution in [0.25, 0.3) is 0 Å². The van der Waals surface area contributed by atoms with Crippen molar-refractivity contribution in [3.63, 3.8) is 0 Å². The number of benzene rings is 2. The number of esters is 1. The van der Waals surface area contributed by atoms with E-state index in [0.717, 1.165) is 28.3 Å². The second kappa shape index (κ2) is 11.0. The Morgan fingerprint density at radius 3 is 2.56 bits per heavy atom. The minimum Gasteiger partial charge on any atom is -0.461 e. The van der Waals surface area contributed by atoms with Crippen LogP contribution < -0.4 is 5.32 Å². The Hall–Kier alpha value is -2.21. The van der Waals surface area contributed by atoms with Gasteiger partial charge in [0.25, 0.3) is 0 Å². The molecule has 0 bridgehead atoms. The van der Waals surface area contributed by atoms with Crippen molar-refractivity contribution in [2.75, 3.05) is 18.1 Å². The van der Waals surface area contributed by atoms with Crippen molar-refractivity contribution in [2.24, 2.45) is 0 Å². The number of nitrogens with one attached hydrogen (secondary N) is 1. The van der Waals surface area contributed by atoms with E-state index >= 15 is 0 Å². The summed E-state index contributed by atoms with van der Waals surface area (Å²) in [5.74, 6) is 0.859. The van der Waals surface area contributed by atoms with E-state index in [-0.39, 0.29) is 11.7 Å². The summed E-state index contributed by atoms with van der Waals surface area (Å²) in [6.07, 6.45) is 1.04. The van der Waals surface area contributed by atoms with Crippen LogP contribution in [-0.2, 0) is 14.3 Å². The Labute approximate surface area is 214 Å². The molecule has 2 aromatic carbocycles. The Kier molecular flexibility index (Phi) is 8.07. The number of carbonyl (C=O) groups excluding carboxylic acids is 2. The molecule has 1 aliphatic heterocycles. The molecule has 2 atom stereocenters. The van der Waals surface area contributed by atoms with Gasteiger partial charge in [-0.2, -0.15) is 11.8 Å². The van der Waals surface area contributed by atoms with Gasteiger partial charge in [0.2, 0.25) is 0 Å². The van der Waals surface area contributed by atoms with Gasteiger partial charge in [0.15, 0.2) is 5.78 Å². The van der Waals surface area contributed by atoms with Gasteiger partial charge in [0.1, 0.15) is 6.61 Å². The highest BCUT2D eigenvalue weighted by atomic mass is 35.5. The summed E-state index contributed by atoms with van der Waals surface area (Å²) >= 11 is 14.1. The van der Waals surface area contributed by atoms with Crippen molar-refractivity contribution in [2.45, 2.75) is 38.5 Å². The van der Waals surface area contributed by atoms with Gasteiger partial charge in [-0.25, -0.2) is 4.79 Å². The van der Waals surface area contributed by atoms with Crippen molar-refractivity contribution < 1.29 is 14.3 Å². The highest BCUT2D eigenvalue weighted by Gasteiger charge is 2.41. The highest BCUT2D eigenvalue weighted by Crippen LogP contribution is 2.46. The zero-order valence-corrected chi connectivity index (χ0v) is 21.5. The fourth-order valence-electron chi connectivity index (χ4n) is 4.72. The van der Waals surface area contributed by atoms with E-state index in [4.69, 9.17) is 27.9 Å². The minimum absolute atomic E-state index is 0.0259. The number of ether oxygens (including phenoxy) is 1. The Morgan fingerprint density at radius 2 is 1.85 bits per heavy atom. The third kappa shape index (κ3) is 5.37. The van der Waals surface area contributed by atoms with Gasteiger partial charge in [-0.15, -0.1) is 0 Å². The predicted octanol–water partition coefficient (Wildman–Crippen LogP) is 6.65. The Bertz CT molecular complexity index is 1160. The number of rotatable bonds is 7. The van der Waals surface area contributed by atoms with Gasteiger partial charge in [0.05, 0.1) is 5.57 Å². The molecule has 1 N–H and O–H groups in total. The summed E-state index contributed by atoms with van der Waals surface area (Å²) in [5.41, 5.74) is 4.56. The molecule has 4 rings (SSSR count). The van der Waals surface area contributed by atoms with Gasteiger partial charge in [-0.3, -0.25) is 4.79 Å². The number of dihydropyridines is 1. The lowest BCUT2D eigenvalue weighted by atomic mass is 9.72. The molecular weight excluding hydrogens is 489 g/mol. The molecule has 178 valence electrons. The van der Waals surface area contributed by atoms with Gasteiger partial charge in [-0.05, 0) is 60.4 Å². The number of halogens is 2. The van der Waals surface area contributed by atoms with Crippen LogP contribution in [-0.4, -0.2) is 29.9 Å². The number of allylic oxidation sites excluding steroid dienone is 3. The quantitative estimate of drug-likeness (QED) is 0.330. The van der Waals surface area contributed by atoms with E-state index in [2.05, 4.69) is 12.2 Å². The highest BCUT2D eigenvalue weighted by molar-refractivity contribution is 7.99. The average Bonchev–Trinajstić information content (AvgIpc) is 2.81. The molecule has 0 amide bonds. The molecular formula is C27H27Cl2NO3S. The number of hydrogen-bond acceptors (Lipinski definition) is 5. The second-order valence-electron chi connectivity index (χ2n) is 8.46. The first-order chi connectivity index (χ1) is 16.4. The summed E-state index contributed by atoms with van der Waals surface area (Å²) in [5, 5.41) is 4.61. The van der Waals surface area contributed by atoms with Gasteiger partial charge in [-0.1, -0.05) is 54.4 Å². The molecule has 0 aromatic heterocycles. The van der Waals surface area contributed by atoms with E-state index in [1.54, 1.807) is 17.8 Å². The molecule has 0 spiro atoms. The van der Waals surface area contributed by atoms with Crippen molar-refractivity contribution >= 4 is 46.7 Å². The van der Waals surface area contributed by atoms with Crippen LogP contribution in [0.15, 0.2) is 71.1 Å². The first kappa shape index (κ1) is 24.9. The summed E-state index contributed by atoms with van der Waals surface area (Å²) in [4.78, 5) is 26.8. The summed E-state index contributed by atoms with van der Waals surface area (Å²) in [6, 6.07) is 15.0. The van der Waals surface area contributed by atoms with E-state index in [0.29, 0.717) is 46.3 Å². The fourth-order valence-corrected chi connectivity index (χ4v) is 5.53. The zero-order chi connectivity index (χ0) is 24.2. The molecule has 2 aromatic rings. The molecule has 0 fully saturated rings. The first-order valence-corrected chi connectivity index (χ1v) is 13.3. The van der Waals surface area contributed by atoms with E-state index in [1.807, 2.05) is 49.4 Å². The van der Waals surface area contributed by atoms with Crippen molar-refractivity contribution in [3.8, 4) is 0 Å². The Morgan fingerprint density at radius 1 is 1.09 bits per heavy atom. The molecule has 7 heteroatoms. The smallest absolute Gasteiger partial charge is 0.336 e. The van der Waals surface area contributed by atoms with Gasteiger partial charge < -0.3 is 10.1 Å². The van der Waals surface area contributed by atoms with Crippen LogP contribution in [0.3, 0.4) is 0 Å². The van der Waals surface area contributed by atoms with Crippen molar-refractivity contribution in [1.82, 2.24) is 5.32 Å². The fraction of sp³-hybridized carbons (Fsp3) is 0.333. The number of Topliss-reactive ketones (excluding diaryl/α,β-unsaturated/α-hetero) is 1. The molecule has 0 saturated carbocycles. The number of ketones is 1. The predicted molar refractivity (Wildman–Crippen MR) is 139 cm³/mol. The lowest BCUT2D eigenvalue weighted by Crippen LogP contribution is -2.36. The summed E-state index contributed by atoms with van der Waals surface area (Å²) in [7, 11) is 0. The molecule has 4 nitrogen and oxygen atoms in total. The summed E-state index contributed by atoms with van der Waals surface area (Å²) in [6.45, 7) is 4.27. The molecule has 0 radical (unpaired) electrons. The van der Waals surface area contributed by atoms with Crippen LogP contribution >= 0.6 is 35.0 Å². The van der Waals surface area contributed by atoms with Crippen LogP contribution in [0.2, 0.25) is 10.0 Å². The van der Waals surface area contributed by atoms with E-state index in [9.17, 15) is 9.59 Å². The third-order valence-corrected chi connectivity index (χ3v) is 7.59. The van der Waals surface area contributed by atoms with E-state index in [1.165, 1.54) is 0 Å². The average molecular weight is 516 g/mol. The molecule has 34 heavy (non-hydrogen) atoms. The van der Waals surface area contributed by atoms with E-state index < -0.39 is 11.9 Å². The monoisotopic (exact) mass is 515 g/mol. The SMILES string of the molecule is CCSCCOC(=O)C1=C(C)NC2=C(C(=O)CC(c3ccc(Cl)cc3)C2)C1c1cccc(Cl)c1. The minimum atomic E-state index is -0.514. The maximum atomic E-state index is 13.6. The maximum Gasteiger partial charge on any atom is 0.336 e. The lowest BCUT2D eigenvalue weighted by molar-refractivity contribution is -0.138. The molecule has 0 saturated heterocycles. The molecule has 1 heterocycles. The number of carbonyl (C=O) groups is 2. The molecule has 2 unspecified atom stereocenters. The maximum absolute atomic E-state index is 13.6.